The maximum atomic E-state index is 14.5. The minimum atomic E-state index is -1.26. The Hall–Kier alpha value is -13.8. The van der Waals surface area contributed by atoms with Gasteiger partial charge < -0.3 is 41.1 Å². The number of aryl methyl sites for hydroxylation is 1. The number of rotatable bonds is 17. The van der Waals surface area contributed by atoms with Crippen molar-refractivity contribution >= 4 is 69.3 Å². The van der Waals surface area contributed by atoms with Gasteiger partial charge in [-0.1, -0.05) is 59.6 Å². The Kier molecular flexibility index (Phi) is 27.0. The van der Waals surface area contributed by atoms with Crippen molar-refractivity contribution in [3.63, 3.8) is 0 Å². The molecule has 4 aromatic carbocycles. The van der Waals surface area contributed by atoms with Crippen molar-refractivity contribution in [2.75, 3.05) is 73.6 Å². The Morgan fingerprint density at radius 1 is 0.398 bits per heavy atom. The number of carbonyl (C=O) groups is 4. The molecule has 128 heavy (non-hydrogen) atoms. The average molecular weight is 1770 g/mol. The van der Waals surface area contributed by atoms with Gasteiger partial charge in [0.1, 0.15) is 51.5 Å². The van der Waals surface area contributed by atoms with Crippen molar-refractivity contribution in [1.29, 1.82) is 0 Å². The van der Waals surface area contributed by atoms with E-state index < -0.39 is 23.3 Å². The quantitative estimate of drug-likeness (QED) is 0.0419. The fraction of sp³-hybridized carbons (Fsp3) is 0.216. The third-order valence-corrected chi connectivity index (χ3v) is 23.5. The number of nitrogens with one attached hydrogen (secondary N) is 4. The molecule has 3 aliphatic rings. The first-order valence-corrected chi connectivity index (χ1v) is 42.5. The van der Waals surface area contributed by atoms with Crippen molar-refractivity contribution in [2.24, 2.45) is 0 Å². The molecule has 0 spiro atoms. The second-order valence-electron chi connectivity index (χ2n) is 31.8. The zero-order valence-corrected chi connectivity index (χ0v) is 71.7. The number of fused-ring (bicyclic) bond motifs is 4. The summed E-state index contributed by atoms with van der Waals surface area (Å²) in [7, 11) is 6.26. The Labute approximate surface area is 743 Å². The van der Waals surface area contributed by atoms with Crippen LogP contribution in [0.5, 0.6) is 0 Å². The van der Waals surface area contributed by atoms with Crippen LogP contribution in [0.2, 0.25) is 10.0 Å². The number of imidazole rings is 3. The van der Waals surface area contributed by atoms with Crippen LogP contribution in [0.3, 0.4) is 0 Å². The van der Waals surface area contributed by atoms with Gasteiger partial charge in [0, 0.05) is 147 Å². The summed E-state index contributed by atoms with van der Waals surface area (Å²) in [5.41, 5.74) is 16.2. The van der Waals surface area contributed by atoms with Crippen LogP contribution in [-0.2, 0) is 0 Å². The Bertz CT molecular complexity index is 6800. The van der Waals surface area contributed by atoms with Crippen LogP contribution < -0.4 is 21.3 Å². The fourth-order valence-electron chi connectivity index (χ4n) is 16.0. The number of aliphatic hydroxyl groups excluding tert-OH is 1. The summed E-state index contributed by atoms with van der Waals surface area (Å²) in [6, 6.07) is 48.8. The summed E-state index contributed by atoms with van der Waals surface area (Å²) >= 11 is 12.2. The van der Waals surface area contributed by atoms with E-state index >= 15 is 0 Å². The van der Waals surface area contributed by atoms with Gasteiger partial charge in [0.15, 0.2) is 11.6 Å². The standard InChI is InChI=1S/C25H23ClFN5O.C25H24ClN5O.C25H22F3N5O.C22H19FN4O2/c1-31-11-8-18(9-12-31)30-25(33)22-14-29-23-7-5-17(15-32(22)23)19-3-2-10-28-24(19)16-4-6-21(27)20(26)13-16;1-30-12-9-20(10-13-30)29-25(32)22-15-28-23-8-7-18(16-31(22)23)21-6-3-11-27-24(21)17-4-2-5-19(26)14-17;1-32-9-6-16(7-10-32)31-25(34)22-13-30-23-5-4-15(14-33(22)23)17-3-2-8-29-24(17)18-11-20(27)21(28)12-19(18)26;1-14-11-16(4-5-19(14)23)21-17(3-2-7-24-21)15-6-9-27-20(12-15)18(13-26-27)22(29)25-8-10-28/h2-7,10,13-15,18H,8-9,11-12H2,1H3,(H,30,33);2-8,11,14-16,20H,9-10,12-13H2,1H3,(H,29,32);2-5,8,11-14,16H,6-7,9-10H2,1H3,(H,31,34);2-7,9,11-13,28H,8,10H2,1H3,(H,25,29). The predicted octanol–water partition coefficient (Wildman–Crippen LogP) is 16.8. The topological polar surface area (TPSA) is 267 Å². The summed E-state index contributed by atoms with van der Waals surface area (Å²) in [6.45, 7) is 7.54. The van der Waals surface area contributed by atoms with E-state index in [4.69, 9.17) is 28.3 Å². The van der Waals surface area contributed by atoms with Crippen molar-refractivity contribution < 1.29 is 46.2 Å². The predicted molar refractivity (Wildman–Crippen MR) is 483 cm³/mol. The van der Waals surface area contributed by atoms with Crippen molar-refractivity contribution in [3.05, 3.63) is 312 Å². The van der Waals surface area contributed by atoms with Gasteiger partial charge in [-0.15, -0.1) is 0 Å². The summed E-state index contributed by atoms with van der Waals surface area (Å²) in [6.07, 6.45) is 25.8. The minimum Gasteiger partial charge on any atom is -0.395 e. The van der Waals surface area contributed by atoms with E-state index in [1.807, 2.05) is 114 Å². The second kappa shape index (κ2) is 39.4. The number of likely N-dealkylation sites (tertiary alicyclic amines) is 3. The smallest absolute Gasteiger partial charge is 0.270 e. The highest BCUT2D eigenvalue weighted by molar-refractivity contribution is 6.31. The number of hydrogen-bond donors (Lipinski definition) is 5. The maximum Gasteiger partial charge on any atom is 0.270 e. The van der Waals surface area contributed by atoms with Gasteiger partial charge in [-0.3, -0.25) is 52.3 Å². The van der Waals surface area contributed by atoms with E-state index in [0.717, 1.165) is 145 Å². The first kappa shape index (κ1) is 87.7. The molecular formula is C97H88Cl2F5N19O5. The lowest BCUT2D eigenvalue weighted by atomic mass is 9.98. The van der Waals surface area contributed by atoms with Gasteiger partial charge in [-0.05, 0) is 244 Å². The molecule has 0 unspecified atom stereocenters. The van der Waals surface area contributed by atoms with Crippen molar-refractivity contribution in [3.8, 4) is 89.5 Å². The van der Waals surface area contributed by atoms with E-state index in [1.54, 1.807) is 112 Å². The third-order valence-electron chi connectivity index (χ3n) is 23.0. The van der Waals surface area contributed by atoms with E-state index in [0.29, 0.717) is 78.5 Å². The number of carbonyl (C=O) groups excluding carboxylic acids is 4. The molecule has 3 saturated heterocycles. The van der Waals surface area contributed by atoms with Gasteiger partial charge in [-0.25, -0.2) is 41.4 Å². The highest BCUT2D eigenvalue weighted by atomic mass is 35.5. The van der Waals surface area contributed by atoms with E-state index in [-0.39, 0.29) is 77.0 Å². The van der Waals surface area contributed by atoms with Crippen LogP contribution in [-0.4, -0.2) is 193 Å². The number of nitrogens with zero attached hydrogens (tertiary/aromatic N) is 15. The van der Waals surface area contributed by atoms with E-state index in [9.17, 15) is 41.1 Å². The summed E-state index contributed by atoms with van der Waals surface area (Å²) in [4.78, 5) is 89.2. The Morgan fingerprint density at radius 2 is 0.812 bits per heavy atom. The van der Waals surface area contributed by atoms with Gasteiger partial charge >= 0.3 is 0 Å². The summed E-state index contributed by atoms with van der Waals surface area (Å²) in [5, 5.41) is 25.9. The van der Waals surface area contributed by atoms with Crippen LogP contribution >= 0.6 is 23.2 Å². The highest BCUT2D eigenvalue weighted by Gasteiger charge is 2.28. The van der Waals surface area contributed by atoms with Crippen LogP contribution in [0.25, 0.3) is 112 Å². The van der Waals surface area contributed by atoms with Gasteiger partial charge in [-0.2, -0.15) is 5.10 Å². The van der Waals surface area contributed by atoms with Crippen LogP contribution in [0.4, 0.5) is 22.0 Å². The molecule has 16 aromatic rings. The molecule has 3 fully saturated rings. The Balaban J connectivity index is 0.000000126. The first-order valence-electron chi connectivity index (χ1n) is 41.8. The number of pyridine rings is 8. The first-order chi connectivity index (χ1) is 62.1. The van der Waals surface area contributed by atoms with Crippen molar-refractivity contribution in [1.82, 2.24) is 93.7 Å². The SMILES string of the molecule is CN1CCC(NC(=O)c2cnc3ccc(-c4cccnc4-c4cc(F)c(F)cc4F)cn23)CC1.CN1CCC(NC(=O)c2cnc3ccc(-c4cccnc4-c4ccc(F)c(Cl)c4)cn23)CC1.CN1CCC(NC(=O)c2cnc3ccc(-c4cccnc4-c4cccc(Cl)c4)cn23)CC1.Cc1cc(-c2ncccc2-c2ccn3ncc(C(=O)NCCO)c3c2)ccc1F. The third kappa shape index (κ3) is 19.9. The molecule has 0 radical (unpaired) electrons. The number of aromatic nitrogens is 12. The van der Waals surface area contributed by atoms with Crippen LogP contribution in [0, 0.1) is 36.0 Å². The molecule has 5 N–H and O–H groups in total. The summed E-state index contributed by atoms with van der Waals surface area (Å²) < 4.78 is 76.2. The Morgan fingerprint density at radius 3 is 1.26 bits per heavy atom. The van der Waals surface area contributed by atoms with Gasteiger partial charge in [0.2, 0.25) is 0 Å². The zero-order valence-electron chi connectivity index (χ0n) is 70.2. The van der Waals surface area contributed by atoms with Gasteiger partial charge in [0.05, 0.1) is 70.3 Å². The average Bonchev–Trinajstić information content (AvgIpc) is 1.46. The molecule has 4 amide bonds. The van der Waals surface area contributed by atoms with Crippen LogP contribution in [0.1, 0.15) is 85.9 Å². The molecule has 19 rings (SSSR count). The zero-order chi connectivity index (χ0) is 89.2. The lowest BCUT2D eigenvalue weighted by molar-refractivity contribution is 0.0902. The normalized spacial score (nSPS) is 14.2. The number of amides is 4. The van der Waals surface area contributed by atoms with E-state index in [1.165, 1.54) is 30.7 Å². The molecule has 0 saturated carbocycles. The lowest BCUT2D eigenvalue weighted by Crippen LogP contribution is -2.43. The number of aliphatic hydroxyl groups is 1. The number of hydrogen-bond acceptors (Lipinski definition) is 16. The van der Waals surface area contributed by atoms with Crippen LogP contribution in [0.15, 0.2) is 244 Å². The lowest BCUT2D eigenvalue weighted by Gasteiger charge is -2.29. The monoisotopic (exact) mass is 1760 g/mol. The second-order valence-corrected chi connectivity index (χ2v) is 32.6. The molecule has 0 bridgehead atoms. The molecular weight excluding hydrogens is 1680 g/mol. The molecule has 24 nitrogen and oxygen atoms in total. The molecule has 0 atom stereocenters. The fourth-order valence-corrected chi connectivity index (χ4v) is 16.4. The summed E-state index contributed by atoms with van der Waals surface area (Å²) in [5.74, 6) is -4.82. The van der Waals surface area contributed by atoms with Gasteiger partial charge in [0.25, 0.3) is 23.6 Å². The molecule has 650 valence electrons. The molecule has 15 heterocycles. The molecule has 12 aromatic heterocycles. The number of benzene rings is 4. The van der Waals surface area contributed by atoms with E-state index in [2.05, 4.69) is 97.1 Å². The molecule has 3 aliphatic heterocycles. The number of piperidine rings is 3. The molecule has 31 heteroatoms. The molecule has 0 aliphatic carbocycles. The van der Waals surface area contributed by atoms with Crippen molar-refractivity contribution in [2.45, 2.75) is 63.6 Å². The maximum absolute atomic E-state index is 14.5. The number of halogens is 7. The minimum absolute atomic E-state index is 0.0435. The highest BCUT2D eigenvalue weighted by Crippen LogP contribution is 2.38. The largest absolute Gasteiger partial charge is 0.395 e.